The first-order chi connectivity index (χ1) is 11.7. The molecule has 10 N–H and O–H groups in total. The Bertz CT molecular complexity index is 714. The Morgan fingerprint density at radius 3 is 2.40 bits per heavy atom. The largest absolute Gasteiger partial charge is 0.481 e. The summed E-state index contributed by atoms with van der Waals surface area (Å²) in [6, 6.07) is 3.44. The summed E-state index contributed by atoms with van der Waals surface area (Å²) in [7, 11) is 0. The van der Waals surface area contributed by atoms with E-state index in [1.807, 2.05) is 10.7 Å². The zero-order valence-electron chi connectivity index (χ0n) is 12.9. The van der Waals surface area contributed by atoms with Crippen LogP contribution < -0.4 is 33.4 Å². The fourth-order valence-electron chi connectivity index (χ4n) is 1.62. The van der Waals surface area contributed by atoms with Gasteiger partial charge in [0.15, 0.2) is 5.96 Å². The van der Waals surface area contributed by atoms with Crippen molar-refractivity contribution in [3.05, 3.63) is 29.8 Å². The van der Waals surface area contributed by atoms with Gasteiger partial charge in [0, 0.05) is 5.56 Å². The Morgan fingerprint density at radius 1 is 1.16 bits per heavy atom. The maximum absolute atomic E-state index is 12.0. The number of aliphatic carboxylic acids is 1. The normalized spacial score (nSPS) is 11.0. The van der Waals surface area contributed by atoms with E-state index in [0.717, 1.165) is 0 Å². The highest BCUT2D eigenvalue weighted by Crippen LogP contribution is 2.13. The Balaban J connectivity index is 2.65. The van der Waals surface area contributed by atoms with Gasteiger partial charge in [0.25, 0.3) is 5.91 Å². The minimum atomic E-state index is -1.34. The minimum Gasteiger partial charge on any atom is -0.481 e. The van der Waals surface area contributed by atoms with Crippen LogP contribution in [0.5, 0.6) is 0 Å². The summed E-state index contributed by atoms with van der Waals surface area (Å²) in [4.78, 5) is 49.0. The van der Waals surface area contributed by atoms with Crippen LogP contribution in [-0.2, 0) is 9.59 Å². The SMILES string of the molecule is NC(=O)C(CC(=O)O)NNC(=O)NC(=O)c1cccc(N=C(N)N)c1. The summed E-state index contributed by atoms with van der Waals surface area (Å²) >= 11 is 0. The Morgan fingerprint density at radius 2 is 1.84 bits per heavy atom. The zero-order chi connectivity index (χ0) is 19.0. The van der Waals surface area contributed by atoms with Gasteiger partial charge in [-0.05, 0) is 18.2 Å². The fraction of sp³-hybridized carbons (Fsp3) is 0.154. The number of carboxylic acid groups (broad SMARTS) is 1. The lowest BCUT2D eigenvalue weighted by Crippen LogP contribution is -2.54. The molecule has 12 nitrogen and oxygen atoms in total. The summed E-state index contributed by atoms with van der Waals surface area (Å²) in [5, 5.41) is 10.6. The first kappa shape index (κ1) is 19.4. The van der Waals surface area contributed by atoms with Crippen molar-refractivity contribution in [1.82, 2.24) is 16.2 Å². The second-order valence-corrected chi connectivity index (χ2v) is 4.69. The number of carbonyl (C=O) groups is 4. The van der Waals surface area contributed by atoms with Gasteiger partial charge in [-0.1, -0.05) is 6.07 Å². The van der Waals surface area contributed by atoms with E-state index in [0.29, 0.717) is 5.69 Å². The number of aliphatic imine (C=N–C) groups is 1. The highest BCUT2D eigenvalue weighted by molar-refractivity contribution is 6.04. The molecule has 0 fully saturated rings. The van der Waals surface area contributed by atoms with E-state index in [-0.39, 0.29) is 11.5 Å². The van der Waals surface area contributed by atoms with Gasteiger partial charge in [0.05, 0.1) is 12.1 Å². The number of carbonyl (C=O) groups excluding carboxylic acids is 3. The molecule has 12 heteroatoms. The third-order valence-electron chi connectivity index (χ3n) is 2.68. The number of nitrogens with two attached hydrogens (primary N) is 3. The van der Waals surface area contributed by atoms with Crippen LogP contribution in [0.4, 0.5) is 10.5 Å². The summed E-state index contributed by atoms with van der Waals surface area (Å²) in [5.41, 5.74) is 19.9. The highest BCUT2D eigenvalue weighted by atomic mass is 16.4. The van der Waals surface area contributed by atoms with E-state index in [4.69, 9.17) is 22.3 Å². The van der Waals surface area contributed by atoms with Crippen molar-refractivity contribution >= 4 is 35.5 Å². The van der Waals surface area contributed by atoms with Crippen molar-refractivity contribution in [3.63, 3.8) is 0 Å². The van der Waals surface area contributed by atoms with E-state index in [9.17, 15) is 19.2 Å². The maximum Gasteiger partial charge on any atom is 0.336 e. The quantitative estimate of drug-likeness (QED) is 0.163. The van der Waals surface area contributed by atoms with Gasteiger partial charge in [0.1, 0.15) is 6.04 Å². The van der Waals surface area contributed by atoms with Crippen LogP contribution in [0, 0.1) is 0 Å². The van der Waals surface area contributed by atoms with E-state index in [2.05, 4.69) is 10.4 Å². The Hall–Kier alpha value is -3.67. The van der Waals surface area contributed by atoms with Gasteiger partial charge < -0.3 is 22.3 Å². The molecule has 1 rings (SSSR count). The predicted octanol–water partition coefficient (Wildman–Crippen LogP) is -2.14. The molecule has 0 aliphatic rings. The first-order valence-corrected chi connectivity index (χ1v) is 6.76. The molecule has 0 bridgehead atoms. The van der Waals surface area contributed by atoms with Crippen LogP contribution in [0.1, 0.15) is 16.8 Å². The van der Waals surface area contributed by atoms with Crippen LogP contribution in [0.15, 0.2) is 29.3 Å². The van der Waals surface area contributed by atoms with Crippen LogP contribution in [0.2, 0.25) is 0 Å². The first-order valence-electron chi connectivity index (χ1n) is 6.76. The molecule has 1 atom stereocenters. The number of urea groups is 1. The molecule has 0 spiro atoms. The van der Waals surface area contributed by atoms with Gasteiger partial charge in [-0.2, -0.15) is 0 Å². The lowest BCUT2D eigenvalue weighted by molar-refractivity contribution is -0.139. The molecule has 1 unspecified atom stereocenters. The number of hydrogen-bond donors (Lipinski definition) is 7. The monoisotopic (exact) mass is 351 g/mol. The number of nitrogens with zero attached hydrogens (tertiary/aromatic N) is 1. The van der Waals surface area contributed by atoms with Gasteiger partial charge in [-0.15, -0.1) is 0 Å². The molecule has 0 aromatic heterocycles. The summed E-state index contributed by atoms with van der Waals surface area (Å²) in [5.74, 6) is -3.26. The van der Waals surface area contributed by atoms with Gasteiger partial charge in [-0.3, -0.25) is 25.1 Å². The highest BCUT2D eigenvalue weighted by Gasteiger charge is 2.20. The lowest BCUT2D eigenvalue weighted by atomic mass is 10.2. The molecule has 0 radical (unpaired) electrons. The van der Waals surface area contributed by atoms with Crippen LogP contribution in [-0.4, -0.2) is 40.9 Å². The third-order valence-corrected chi connectivity index (χ3v) is 2.68. The molecule has 0 heterocycles. The zero-order valence-corrected chi connectivity index (χ0v) is 12.9. The molecule has 0 saturated carbocycles. The fourth-order valence-corrected chi connectivity index (χ4v) is 1.62. The molecular weight excluding hydrogens is 334 g/mol. The van der Waals surface area contributed by atoms with E-state index in [1.165, 1.54) is 18.2 Å². The smallest absolute Gasteiger partial charge is 0.336 e. The standard InChI is InChI=1S/C13H17N7O5/c14-10(23)8(5-9(21)22)19-20-13(25)18-11(24)6-2-1-3-7(4-6)17-12(15)16/h1-4,8,19H,5H2,(H2,14,23)(H,21,22)(H4,15,16,17)(H2,18,20,24,25). The van der Waals surface area contributed by atoms with Crippen molar-refractivity contribution in [2.45, 2.75) is 12.5 Å². The molecule has 25 heavy (non-hydrogen) atoms. The molecule has 1 aromatic carbocycles. The van der Waals surface area contributed by atoms with Gasteiger partial charge >= 0.3 is 12.0 Å². The molecule has 1 aromatic rings. The van der Waals surface area contributed by atoms with Crippen molar-refractivity contribution in [2.75, 3.05) is 0 Å². The van der Waals surface area contributed by atoms with Crippen molar-refractivity contribution in [2.24, 2.45) is 22.2 Å². The molecule has 134 valence electrons. The Kier molecular flexibility index (Phi) is 6.84. The third kappa shape index (κ3) is 6.96. The molecule has 0 aliphatic carbocycles. The predicted molar refractivity (Wildman–Crippen MR) is 86.3 cm³/mol. The van der Waals surface area contributed by atoms with Gasteiger partial charge in [0.2, 0.25) is 5.91 Å². The van der Waals surface area contributed by atoms with Crippen LogP contribution in [0.25, 0.3) is 0 Å². The van der Waals surface area contributed by atoms with Crippen molar-refractivity contribution in [3.8, 4) is 0 Å². The van der Waals surface area contributed by atoms with Gasteiger partial charge in [-0.25, -0.2) is 15.2 Å². The van der Waals surface area contributed by atoms with Crippen LogP contribution >= 0.6 is 0 Å². The number of guanidine groups is 1. The van der Waals surface area contributed by atoms with Crippen molar-refractivity contribution < 1.29 is 24.3 Å². The number of hydrogen-bond acceptors (Lipinski definition) is 6. The maximum atomic E-state index is 12.0. The average Bonchev–Trinajstić information content (AvgIpc) is 2.50. The molecule has 4 amide bonds. The summed E-state index contributed by atoms with van der Waals surface area (Å²) in [6.45, 7) is 0. The Labute approximate surface area is 141 Å². The lowest BCUT2D eigenvalue weighted by Gasteiger charge is -2.14. The minimum absolute atomic E-state index is 0.0923. The van der Waals surface area contributed by atoms with E-state index in [1.54, 1.807) is 6.07 Å². The number of benzene rings is 1. The number of imide groups is 1. The molecular formula is C13H17N7O5. The number of hydrazine groups is 1. The summed E-state index contributed by atoms with van der Waals surface area (Å²) in [6.07, 6.45) is -0.649. The summed E-state index contributed by atoms with van der Waals surface area (Å²) < 4.78 is 0. The van der Waals surface area contributed by atoms with Crippen molar-refractivity contribution in [1.29, 1.82) is 0 Å². The number of nitrogens with one attached hydrogen (secondary N) is 3. The average molecular weight is 351 g/mol. The number of carboxylic acids is 1. The number of primary amides is 1. The second kappa shape index (κ2) is 8.83. The number of rotatable bonds is 7. The molecule has 0 saturated heterocycles. The second-order valence-electron chi connectivity index (χ2n) is 4.69. The number of amides is 4. The van der Waals surface area contributed by atoms with E-state index >= 15 is 0 Å². The topological polar surface area (TPSA) is 215 Å². The molecule has 0 aliphatic heterocycles. The van der Waals surface area contributed by atoms with Crippen LogP contribution in [0.3, 0.4) is 0 Å². The van der Waals surface area contributed by atoms with E-state index < -0.39 is 36.3 Å².